The van der Waals surface area contributed by atoms with Gasteiger partial charge in [-0.15, -0.1) is 0 Å². The number of hydrogen-bond donors (Lipinski definition) is 1. The largest absolute Gasteiger partial charge is 0.405 e. The molecule has 0 spiro atoms. The van der Waals surface area contributed by atoms with Crippen molar-refractivity contribution in [3.8, 4) is 0 Å². The van der Waals surface area contributed by atoms with Gasteiger partial charge in [0.05, 0.1) is 0 Å². The first-order valence-corrected chi connectivity index (χ1v) is 7.62. The van der Waals surface area contributed by atoms with Gasteiger partial charge >= 0.3 is 6.18 Å². The third-order valence-electron chi connectivity index (χ3n) is 3.19. The van der Waals surface area contributed by atoms with Gasteiger partial charge in [-0.2, -0.15) is 30.6 Å². The van der Waals surface area contributed by atoms with E-state index in [-0.39, 0.29) is 25.9 Å². The Morgan fingerprint density at radius 3 is 2.50 bits per heavy atom. The van der Waals surface area contributed by atoms with E-state index in [9.17, 15) is 21.6 Å². The summed E-state index contributed by atoms with van der Waals surface area (Å²) in [5, 5.41) is 0. The van der Waals surface area contributed by atoms with E-state index in [1.165, 1.54) is 0 Å². The second kappa shape index (κ2) is 5.71. The predicted molar refractivity (Wildman–Crippen MR) is 68.0 cm³/mol. The molecule has 1 N–H and O–H groups in total. The summed E-state index contributed by atoms with van der Waals surface area (Å²) in [6, 6.07) is 6.73. The highest BCUT2D eigenvalue weighted by Gasteiger charge is 2.50. The van der Waals surface area contributed by atoms with Crippen LogP contribution in [0.3, 0.4) is 0 Å². The summed E-state index contributed by atoms with van der Waals surface area (Å²) < 4.78 is 65.0. The Labute approximate surface area is 115 Å². The Bertz CT molecular complexity index is 546. The molecule has 1 aliphatic rings. The van der Waals surface area contributed by atoms with Crippen LogP contribution >= 0.6 is 0 Å². The molecule has 8 heteroatoms. The molecule has 1 saturated heterocycles. The van der Waals surface area contributed by atoms with E-state index >= 15 is 0 Å². The summed E-state index contributed by atoms with van der Waals surface area (Å²) in [4.78, 5) is 0. The van der Waals surface area contributed by atoms with Crippen LogP contribution in [0, 0.1) is 0 Å². The Kier molecular flexibility index (Phi) is 4.36. The van der Waals surface area contributed by atoms with Crippen molar-refractivity contribution in [1.82, 2.24) is 9.03 Å². The molecular weight excluding hydrogens is 293 g/mol. The van der Waals surface area contributed by atoms with Gasteiger partial charge < -0.3 is 0 Å². The van der Waals surface area contributed by atoms with Crippen molar-refractivity contribution in [3.05, 3.63) is 35.9 Å². The number of alkyl halides is 3. The van der Waals surface area contributed by atoms with Crippen LogP contribution in [0.4, 0.5) is 13.2 Å². The van der Waals surface area contributed by atoms with Crippen molar-refractivity contribution >= 4 is 10.2 Å². The minimum atomic E-state index is -4.53. The van der Waals surface area contributed by atoms with Crippen LogP contribution in [0.25, 0.3) is 0 Å². The average Bonchev–Trinajstić information content (AvgIpc) is 2.88. The van der Waals surface area contributed by atoms with E-state index in [1.807, 2.05) is 0 Å². The minimum absolute atomic E-state index is 0.0236. The van der Waals surface area contributed by atoms with Gasteiger partial charge in [-0.1, -0.05) is 30.3 Å². The maximum absolute atomic E-state index is 12.8. The molecule has 112 valence electrons. The molecule has 0 saturated carbocycles. The monoisotopic (exact) mass is 308 g/mol. The fourth-order valence-corrected chi connectivity index (χ4v) is 3.65. The SMILES string of the molecule is O=S(=O)(NCc1ccccc1)N1CCC[C@@H]1C(F)(F)F. The molecule has 1 aromatic rings. The predicted octanol–water partition coefficient (Wildman–Crippen LogP) is 2.05. The van der Waals surface area contributed by atoms with E-state index in [0.29, 0.717) is 9.87 Å². The van der Waals surface area contributed by atoms with Gasteiger partial charge in [0, 0.05) is 13.1 Å². The van der Waals surface area contributed by atoms with Crippen LogP contribution in [-0.2, 0) is 16.8 Å². The van der Waals surface area contributed by atoms with E-state index in [4.69, 9.17) is 0 Å². The van der Waals surface area contributed by atoms with Crippen molar-refractivity contribution in [3.63, 3.8) is 0 Å². The Morgan fingerprint density at radius 1 is 1.25 bits per heavy atom. The standard InChI is InChI=1S/C12H15F3N2O2S/c13-12(14,15)11-7-4-8-17(11)20(18,19)16-9-10-5-2-1-3-6-10/h1-3,5-6,11,16H,4,7-9H2/t11-/m1/s1. The van der Waals surface area contributed by atoms with Crippen LogP contribution in [0.15, 0.2) is 30.3 Å². The second-order valence-corrected chi connectivity index (χ2v) is 6.33. The molecule has 2 rings (SSSR count). The molecule has 1 heterocycles. The molecule has 1 atom stereocenters. The van der Waals surface area contributed by atoms with Crippen molar-refractivity contribution in [2.75, 3.05) is 6.54 Å². The fraction of sp³-hybridized carbons (Fsp3) is 0.500. The lowest BCUT2D eigenvalue weighted by atomic mass is 10.2. The molecule has 0 unspecified atom stereocenters. The third kappa shape index (κ3) is 3.50. The zero-order chi connectivity index (χ0) is 14.8. The average molecular weight is 308 g/mol. The lowest BCUT2D eigenvalue weighted by molar-refractivity contribution is -0.165. The van der Waals surface area contributed by atoms with Crippen LogP contribution < -0.4 is 4.72 Å². The molecule has 0 bridgehead atoms. The summed E-state index contributed by atoms with van der Waals surface area (Å²) in [5.41, 5.74) is 0.693. The summed E-state index contributed by atoms with van der Waals surface area (Å²) in [7, 11) is -4.13. The van der Waals surface area contributed by atoms with E-state index in [0.717, 1.165) is 0 Å². The Morgan fingerprint density at radius 2 is 1.90 bits per heavy atom. The highest BCUT2D eigenvalue weighted by atomic mass is 32.2. The summed E-state index contributed by atoms with van der Waals surface area (Å²) in [5.74, 6) is 0. The van der Waals surface area contributed by atoms with E-state index < -0.39 is 22.4 Å². The van der Waals surface area contributed by atoms with Crippen LogP contribution in [0.2, 0.25) is 0 Å². The van der Waals surface area contributed by atoms with E-state index in [2.05, 4.69) is 4.72 Å². The zero-order valence-corrected chi connectivity index (χ0v) is 11.4. The topological polar surface area (TPSA) is 49.4 Å². The molecular formula is C12H15F3N2O2S. The van der Waals surface area contributed by atoms with Gasteiger partial charge in [0.15, 0.2) is 0 Å². The molecule has 20 heavy (non-hydrogen) atoms. The summed E-state index contributed by atoms with van der Waals surface area (Å²) in [6.07, 6.45) is -4.50. The number of benzene rings is 1. The first-order chi connectivity index (χ1) is 9.31. The van der Waals surface area contributed by atoms with Crippen LogP contribution in [0.5, 0.6) is 0 Å². The van der Waals surface area contributed by atoms with Crippen molar-refractivity contribution < 1.29 is 21.6 Å². The Hall–Kier alpha value is -1.12. The molecule has 4 nitrogen and oxygen atoms in total. The highest BCUT2D eigenvalue weighted by molar-refractivity contribution is 7.87. The third-order valence-corrected chi connectivity index (χ3v) is 4.76. The van der Waals surface area contributed by atoms with Gasteiger partial charge in [-0.3, -0.25) is 0 Å². The van der Waals surface area contributed by atoms with Crippen LogP contribution in [-0.4, -0.2) is 31.5 Å². The Balaban J connectivity index is 2.06. The number of halogens is 3. The maximum Gasteiger partial charge on any atom is 0.405 e. The van der Waals surface area contributed by atoms with Gasteiger partial charge in [-0.25, -0.2) is 0 Å². The lowest BCUT2D eigenvalue weighted by Crippen LogP contribution is -2.48. The van der Waals surface area contributed by atoms with Crippen molar-refractivity contribution in [2.45, 2.75) is 31.6 Å². The smallest absolute Gasteiger partial charge is 0.198 e. The van der Waals surface area contributed by atoms with Gasteiger partial charge in [-0.05, 0) is 18.4 Å². The molecule has 0 radical (unpaired) electrons. The molecule has 1 fully saturated rings. The van der Waals surface area contributed by atoms with Crippen molar-refractivity contribution in [1.29, 1.82) is 0 Å². The highest BCUT2D eigenvalue weighted by Crippen LogP contribution is 2.33. The minimum Gasteiger partial charge on any atom is -0.198 e. The van der Waals surface area contributed by atoms with Gasteiger partial charge in [0.2, 0.25) is 0 Å². The number of nitrogens with zero attached hydrogens (tertiary/aromatic N) is 1. The first-order valence-electron chi connectivity index (χ1n) is 6.18. The quantitative estimate of drug-likeness (QED) is 0.925. The summed E-state index contributed by atoms with van der Waals surface area (Å²) >= 11 is 0. The number of rotatable bonds is 4. The maximum atomic E-state index is 12.8. The second-order valence-electron chi connectivity index (χ2n) is 4.62. The molecule has 0 aliphatic carbocycles. The molecule has 0 amide bonds. The first kappa shape index (κ1) is 15.3. The number of hydrogen-bond acceptors (Lipinski definition) is 2. The molecule has 0 aromatic heterocycles. The van der Waals surface area contributed by atoms with Crippen LogP contribution in [0.1, 0.15) is 18.4 Å². The zero-order valence-electron chi connectivity index (χ0n) is 10.6. The van der Waals surface area contributed by atoms with E-state index in [1.54, 1.807) is 30.3 Å². The normalized spacial score (nSPS) is 21.2. The fourth-order valence-electron chi connectivity index (χ4n) is 2.21. The molecule has 1 aliphatic heterocycles. The molecule has 1 aromatic carbocycles. The summed E-state index contributed by atoms with van der Waals surface area (Å²) in [6.45, 7) is -0.126. The van der Waals surface area contributed by atoms with Crippen molar-refractivity contribution in [2.24, 2.45) is 0 Å². The number of nitrogens with one attached hydrogen (secondary N) is 1. The lowest BCUT2D eigenvalue weighted by Gasteiger charge is -2.25. The van der Waals surface area contributed by atoms with Gasteiger partial charge in [0.25, 0.3) is 10.2 Å². The van der Waals surface area contributed by atoms with Gasteiger partial charge in [0.1, 0.15) is 6.04 Å².